The lowest BCUT2D eigenvalue weighted by Gasteiger charge is -2.06. The van der Waals surface area contributed by atoms with Gasteiger partial charge in [-0.25, -0.2) is 0 Å². The van der Waals surface area contributed by atoms with E-state index < -0.39 is 0 Å². The molecule has 0 bridgehead atoms. The molecule has 0 saturated heterocycles. The summed E-state index contributed by atoms with van der Waals surface area (Å²) in [5.41, 5.74) is 0. The maximum atomic E-state index is 11.4. The van der Waals surface area contributed by atoms with E-state index in [0.717, 1.165) is 3.57 Å². The van der Waals surface area contributed by atoms with E-state index in [1.54, 1.807) is 6.07 Å². The van der Waals surface area contributed by atoms with Crippen molar-refractivity contribution in [2.24, 2.45) is 0 Å². The van der Waals surface area contributed by atoms with Crippen molar-refractivity contribution in [2.75, 3.05) is 11.9 Å². The van der Waals surface area contributed by atoms with Crippen LogP contribution in [0.4, 0.5) is 5.95 Å². The number of benzene rings is 1. The smallest absolute Gasteiger partial charge is 0.269 e. The summed E-state index contributed by atoms with van der Waals surface area (Å²) in [5, 5.41) is 15.2. The number of rotatable bonds is 4. The predicted octanol–water partition coefficient (Wildman–Crippen LogP) is 0.822. The third-order valence-electron chi connectivity index (χ3n) is 1.79. The highest BCUT2D eigenvalue weighted by Gasteiger charge is 2.07. The third kappa shape index (κ3) is 3.37. The number of nitrogens with zero attached hydrogens (tertiary/aromatic N) is 3. The zero-order valence-electron chi connectivity index (χ0n) is 8.55. The van der Waals surface area contributed by atoms with Crippen LogP contribution < -0.4 is 10.1 Å². The summed E-state index contributed by atoms with van der Waals surface area (Å²) in [6, 6.07) is 7.43. The summed E-state index contributed by atoms with van der Waals surface area (Å²) < 4.78 is 6.28. The number of hydrogen-bond donors (Lipinski definition) is 2. The fourth-order valence-corrected chi connectivity index (χ4v) is 1.62. The van der Waals surface area contributed by atoms with E-state index in [1.807, 2.05) is 18.2 Å². The predicted molar refractivity (Wildman–Crippen MR) is 67.5 cm³/mol. The largest absolute Gasteiger partial charge is 0.483 e. The Kier molecular flexibility index (Phi) is 3.85. The maximum absolute atomic E-state index is 11.4. The molecular formula is C9H8IN5O2. The highest BCUT2D eigenvalue weighted by Crippen LogP contribution is 2.19. The normalized spacial score (nSPS) is 9.94. The van der Waals surface area contributed by atoms with Gasteiger partial charge in [0.1, 0.15) is 5.75 Å². The monoisotopic (exact) mass is 345 g/mol. The van der Waals surface area contributed by atoms with Crippen LogP contribution in [0.2, 0.25) is 0 Å². The van der Waals surface area contributed by atoms with E-state index in [4.69, 9.17) is 4.74 Å². The molecule has 88 valence electrons. The highest BCUT2D eigenvalue weighted by atomic mass is 127. The highest BCUT2D eigenvalue weighted by molar-refractivity contribution is 14.1. The summed E-state index contributed by atoms with van der Waals surface area (Å²) in [6.45, 7) is -0.103. The van der Waals surface area contributed by atoms with E-state index in [1.165, 1.54) is 0 Å². The van der Waals surface area contributed by atoms with Crippen molar-refractivity contribution in [3.63, 3.8) is 0 Å². The molecule has 0 radical (unpaired) electrons. The second kappa shape index (κ2) is 5.57. The van der Waals surface area contributed by atoms with Gasteiger partial charge in [0.05, 0.1) is 3.57 Å². The van der Waals surface area contributed by atoms with Gasteiger partial charge >= 0.3 is 0 Å². The number of H-pyrrole nitrogens is 1. The lowest BCUT2D eigenvalue weighted by atomic mass is 10.3. The van der Waals surface area contributed by atoms with E-state index in [0.29, 0.717) is 5.75 Å². The van der Waals surface area contributed by atoms with Gasteiger partial charge in [0.2, 0.25) is 0 Å². The molecule has 17 heavy (non-hydrogen) atoms. The number of nitrogens with one attached hydrogen (secondary N) is 2. The van der Waals surface area contributed by atoms with Gasteiger partial charge in [0.25, 0.3) is 11.9 Å². The van der Waals surface area contributed by atoms with Crippen LogP contribution in [0, 0.1) is 3.57 Å². The van der Waals surface area contributed by atoms with Gasteiger partial charge in [-0.15, -0.1) is 5.10 Å². The van der Waals surface area contributed by atoms with Crippen LogP contribution in [-0.2, 0) is 4.79 Å². The molecule has 0 atom stereocenters. The Morgan fingerprint density at radius 3 is 3.00 bits per heavy atom. The number of hydrogen-bond acceptors (Lipinski definition) is 5. The molecule has 1 aromatic heterocycles. The first-order chi connectivity index (χ1) is 8.25. The number of aromatic amines is 1. The van der Waals surface area contributed by atoms with Crippen molar-refractivity contribution >= 4 is 34.4 Å². The van der Waals surface area contributed by atoms with Gasteiger partial charge in [-0.2, -0.15) is 5.21 Å². The molecular weight excluding hydrogens is 337 g/mol. The molecule has 0 unspecified atom stereocenters. The number of tetrazole rings is 1. The van der Waals surface area contributed by atoms with Crippen LogP contribution in [0.5, 0.6) is 5.75 Å². The minimum absolute atomic E-state index is 0.103. The van der Waals surface area contributed by atoms with Crippen LogP contribution in [-0.4, -0.2) is 33.1 Å². The number of anilines is 1. The van der Waals surface area contributed by atoms with E-state index in [9.17, 15) is 4.79 Å². The van der Waals surface area contributed by atoms with E-state index in [-0.39, 0.29) is 18.5 Å². The summed E-state index contributed by atoms with van der Waals surface area (Å²) in [7, 11) is 0. The Morgan fingerprint density at radius 2 is 2.29 bits per heavy atom. The molecule has 0 fully saturated rings. The molecule has 0 aliphatic carbocycles. The average molecular weight is 345 g/mol. The fraction of sp³-hybridized carbons (Fsp3) is 0.111. The molecule has 1 heterocycles. The first-order valence-electron chi connectivity index (χ1n) is 4.66. The van der Waals surface area contributed by atoms with E-state index >= 15 is 0 Å². The molecule has 1 aromatic carbocycles. The standard InChI is InChI=1S/C9H8IN5O2/c10-6-3-1-2-4-7(6)17-5-8(16)11-9-12-14-15-13-9/h1-4H,5H2,(H2,11,12,13,14,15,16). The van der Waals surface area contributed by atoms with Crippen molar-refractivity contribution in [3.8, 4) is 5.75 Å². The topological polar surface area (TPSA) is 92.8 Å². The lowest BCUT2D eigenvalue weighted by molar-refractivity contribution is -0.118. The Bertz CT molecular complexity index is 502. The second-order valence-electron chi connectivity index (χ2n) is 3.00. The first kappa shape index (κ1) is 11.8. The fourth-order valence-electron chi connectivity index (χ4n) is 1.08. The third-order valence-corrected chi connectivity index (χ3v) is 2.68. The van der Waals surface area contributed by atoms with E-state index in [2.05, 4.69) is 48.5 Å². The van der Waals surface area contributed by atoms with Gasteiger partial charge in [0.15, 0.2) is 6.61 Å². The van der Waals surface area contributed by atoms with Gasteiger partial charge in [-0.05, 0) is 39.9 Å². The quantitative estimate of drug-likeness (QED) is 0.801. The minimum Gasteiger partial charge on any atom is -0.483 e. The summed E-state index contributed by atoms with van der Waals surface area (Å²) in [5.74, 6) is 0.448. The second-order valence-corrected chi connectivity index (χ2v) is 4.16. The number of halogens is 1. The molecule has 2 rings (SSSR count). The van der Waals surface area contributed by atoms with Gasteiger partial charge in [0, 0.05) is 0 Å². The number of carbonyl (C=O) groups is 1. The molecule has 0 aliphatic heterocycles. The SMILES string of the molecule is O=C(COc1ccccc1I)Nc1nn[nH]n1. The Hall–Kier alpha value is -1.71. The molecule has 2 N–H and O–H groups in total. The van der Waals surface area contributed by atoms with Crippen molar-refractivity contribution in [2.45, 2.75) is 0 Å². The summed E-state index contributed by atoms with van der Waals surface area (Å²) in [6.07, 6.45) is 0. The Morgan fingerprint density at radius 1 is 1.47 bits per heavy atom. The van der Waals surface area contributed by atoms with Crippen molar-refractivity contribution < 1.29 is 9.53 Å². The van der Waals surface area contributed by atoms with Gasteiger partial charge < -0.3 is 4.74 Å². The van der Waals surface area contributed by atoms with Crippen molar-refractivity contribution in [1.82, 2.24) is 20.6 Å². The van der Waals surface area contributed by atoms with Gasteiger partial charge in [-0.1, -0.05) is 17.2 Å². The number of ether oxygens (including phenoxy) is 1. The maximum Gasteiger partial charge on any atom is 0.269 e. The summed E-state index contributed by atoms with van der Waals surface area (Å²) in [4.78, 5) is 11.4. The number of carbonyl (C=O) groups excluding carboxylic acids is 1. The molecule has 7 nitrogen and oxygen atoms in total. The van der Waals surface area contributed by atoms with Crippen molar-refractivity contribution in [3.05, 3.63) is 27.8 Å². The van der Waals surface area contributed by atoms with Crippen molar-refractivity contribution in [1.29, 1.82) is 0 Å². The zero-order chi connectivity index (χ0) is 12.1. The minimum atomic E-state index is -0.342. The molecule has 0 saturated carbocycles. The average Bonchev–Trinajstić information content (AvgIpc) is 2.81. The molecule has 1 amide bonds. The Labute approximate surface area is 110 Å². The first-order valence-corrected chi connectivity index (χ1v) is 5.74. The molecule has 0 aliphatic rings. The number of para-hydroxylation sites is 1. The Balaban J connectivity index is 1.86. The van der Waals surface area contributed by atoms with Crippen LogP contribution >= 0.6 is 22.6 Å². The number of amides is 1. The number of aromatic nitrogens is 4. The molecule has 2 aromatic rings. The van der Waals surface area contributed by atoms with Gasteiger partial charge in [-0.3, -0.25) is 10.1 Å². The summed E-state index contributed by atoms with van der Waals surface area (Å²) >= 11 is 2.13. The lowest BCUT2D eigenvalue weighted by Crippen LogP contribution is -2.21. The van der Waals surface area contributed by atoms with Crippen LogP contribution in [0.3, 0.4) is 0 Å². The van der Waals surface area contributed by atoms with Crippen LogP contribution in [0.25, 0.3) is 0 Å². The van der Waals surface area contributed by atoms with Crippen LogP contribution in [0.15, 0.2) is 24.3 Å². The van der Waals surface area contributed by atoms with Crippen LogP contribution in [0.1, 0.15) is 0 Å². The molecule has 8 heteroatoms. The zero-order valence-corrected chi connectivity index (χ0v) is 10.7. The molecule has 0 spiro atoms.